The number of rotatable bonds is 3. The zero-order valence-corrected chi connectivity index (χ0v) is 17.9. The molecule has 0 saturated heterocycles. The summed E-state index contributed by atoms with van der Waals surface area (Å²) in [5.74, 6) is 0.204. The Labute approximate surface area is 185 Å². The zero-order valence-electron chi connectivity index (χ0n) is 14.8. The van der Waals surface area contributed by atoms with Crippen molar-refractivity contribution in [2.24, 2.45) is 0 Å². The predicted molar refractivity (Wildman–Crippen MR) is 122 cm³/mol. The van der Waals surface area contributed by atoms with E-state index in [1.807, 2.05) is 18.2 Å². The highest BCUT2D eigenvalue weighted by atomic mass is 79.9. The molecule has 0 aliphatic carbocycles. The number of aromatic nitrogens is 1. The van der Waals surface area contributed by atoms with Crippen LogP contribution in [0.3, 0.4) is 0 Å². The molecule has 0 fully saturated rings. The lowest BCUT2D eigenvalue weighted by Crippen LogP contribution is -2.34. The minimum Gasteiger partial charge on any atom is -0.436 e. The number of nitrogens with one attached hydrogen (secondary N) is 2. The average Bonchev–Trinajstić information content (AvgIpc) is 3.11. The van der Waals surface area contributed by atoms with E-state index >= 15 is 0 Å². The summed E-state index contributed by atoms with van der Waals surface area (Å²) in [6.45, 7) is 0. The van der Waals surface area contributed by atoms with Gasteiger partial charge in [0.25, 0.3) is 5.91 Å². The Morgan fingerprint density at radius 3 is 2.62 bits per heavy atom. The summed E-state index contributed by atoms with van der Waals surface area (Å²) in [7, 11) is 0. The maximum atomic E-state index is 12.3. The average molecular weight is 487 g/mol. The van der Waals surface area contributed by atoms with Gasteiger partial charge in [-0.05, 0) is 72.9 Å². The van der Waals surface area contributed by atoms with Crippen LogP contribution < -0.4 is 10.6 Å². The van der Waals surface area contributed by atoms with Crippen LogP contribution in [0.4, 0.5) is 5.69 Å². The summed E-state index contributed by atoms with van der Waals surface area (Å²) in [4.78, 5) is 16.8. The molecule has 4 rings (SSSR count). The third-order valence-corrected chi connectivity index (χ3v) is 5.00. The molecule has 144 valence electrons. The second-order valence-electron chi connectivity index (χ2n) is 6.13. The molecule has 0 atom stereocenters. The van der Waals surface area contributed by atoms with Crippen LogP contribution in [0.25, 0.3) is 22.6 Å². The molecule has 0 unspecified atom stereocenters. The SMILES string of the molecule is O=C(NC(=S)Nc1ccc2oc(-c3ccc(Cl)cc3)nc2c1)c1cccc(Br)c1. The second-order valence-corrected chi connectivity index (χ2v) is 7.89. The number of oxazole rings is 1. The molecule has 0 radical (unpaired) electrons. The first-order valence-corrected chi connectivity index (χ1v) is 10.1. The Morgan fingerprint density at radius 2 is 1.86 bits per heavy atom. The summed E-state index contributed by atoms with van der Waals surface area (Å²) in [6.07, 6.45) is 0. The van der Waals surface area contributed by atoms with Crippen molar-refractivity contribution in [1.82, 2.24) is 10.3 Å². The van der Waals surface area contributed by atoms with Crippen LogP contribution in [-0.2, 0) is 0 Å². The van der Waals surface area contributed by atoms with Crippen LogP contribution in [0.2, 0.25) is 5.02 Å². The van der Waals surface area contributed by atoms with Gasteiger partial charge in [-0.2, -0.15) is 0 Å². The lowest BCUT2D eigenvalue weighted by molar-refractivity contribution is 0.0977. The minimum atomic E-state index is -0.295. The van der Waals surface area contributed by atoms with Gasteiger partial charge in [0.2, 0.25) is 5.89 Å². The maximum Gasteiger partial charge on any atom is 0.257 e. The van der Waals surface area contributed by atoms with Gasteiger partial charge in [-0.25, -0.2) is 4.98 Å². The molecular formula is C21H13BrClN3O2S. The first kappa shape index (κ1) is 19.6. The number of thiocarbonyl (C=S) groups is 1. The highest BCUT2D eigenvalue weighted by Crippen LogP contribution is 2.27. The van der Waals surface area contributed by atoms with Crippen LogP contribution in [0, 0.1) is 0 Å². The van der Waals surface area contributed by atoms with E-state index in [0.717, 1.165) is 10.0 Å². The molecule has 0 aliphatic rings. The first-order valence-electron chi connectivity index (χ1n) is 8.52. The smallest absolute Gasteiger partial charge is 0.257 e. The van der Waals surface area contributed by atoms with Crippen molar-refractivity contribution in [2.45, 2.75) is 0 Å². The van der Waals surface area contributed by atoms with Gasteiger partial charge < -0.3 is 9.73 Å². The van der Waals surface area contributed by atoms with Crippen LogP contribution in [0.1, 0.15) is 10.4 Å². The lowest BCUT2D eigenvalue weighted by Gasteiger charge is -2.09. The van der Waals surface area contributed by atoms with E-state index in [9.17, 15) is 4.79 Å². The van der Waals surface area contributed by atoms with E-state index in [1.54, 1.807) is 48.5 Å². The zero-order chi connectivity index (χ0) is 20.4. The van der Waals surface area contributed by atoms with Crippen molar-refractivity contribution >= 4 is 67.6 Å². The summed E-state index contributed by atoms with van der Waals surface area (Å²) in [5.41, 5.74) is 3.33. The van der Waals surface area contributed by atoms with Crippen molar-refractivity contribution in [3.8, 4) is 11.5 Å². The first-order chi connectivity index (χ1) is 14.0. The topological polar surface area (TPSA) is 67.2 Å². The maximum absolute atomic E-state index is 12.3. The van der Waals surface area contributed by atoms with Crippen molar-refractivity contribution in [1.29, 1.82) is 0 Å². The van der Waals surface area contributed by atoms with E-state index in [1.165, 1.54) is 0 Å². The Kier molecular flexibility index (Phi) is 5.62. The highest BCUT2D eigenvalue weighted by molar-refractivity contribution is 9.10. The molecule has 29 heavy (non-hydrogen) atoms. The monoisotopic (exact) mass is 485 g/mol. The van der Waals surface area contributed by atoms with Gasteiger partial charge in [0.15, 0.2) is 10.7 Å². The number of benzene rings is 3. The molecule has 1 aromatic heterocycles. The van der Waals surface area contributed by atoms with Gasteiger partial charge in [0.1, 0.15) is 5.52 Å². The molecule has 5 nitrogen and oxygen atoms in total. The fourth-order valence-electron chi connectivity index (χ4n) is 2.69. The molecule has 4 aromatic rings. The summed E-state index contributed by atoms with van der Waals surface area (Å²) < 4.78 is 6.62. The van der Waals surface area contributed by atoms with Crippen molar-refractivity contribution in [3.05, 3.63) is 81.8 Å². The Morgan fingerprint density at radius 1 is 1.07 bits per heavy atom. The summed E-state index contributed by atoms with van der Waals surface area (Å²) in [6, 6.07) is 19.7. The van der Waals surface area contributed by atoms with Gasteiger partial charge in [-0.1, -0.05) is 33.6 Å². The minimum absolute atomic E-state index is 0.191. The molecule has 0 spiro atoms. The number of nitrogens with zero attached hydrogens (tertiary/aromatic N) is 1. The van der Waals surface area contributed by atoms with Gasteiger partial charge >= 0.3 is 0 Å². The lowest BCUT2D eigenvalue weighted by atomic mass is 10.2. The van der Waals surface area contributed by atoms with E-state index < -0.39 is 0 Å². The van der Waals surface area contributed by atoms with Crippen LogP contribution in [-0.4, -0.2) is 16.0 Å². The van der Waals surface area contributed by atoms with Gasteiger partial charge in [0, 0.05) is 26.3 Å². The van der Waals surface area contributed by atoms with E-state index in [2.05, 4.69) is 31.5 Å². The number of carbonyl (C=O) groups excluding carboxylic acids is 1. The Balaban J connectivity index is 1.48. The normalized spacial score (nSPS) is 10.7. The molecule has 0 bridgehead atoms. The molecule has 1 heterocycles. The third kappa shape index (κ3) is 4.64. The molecular weight excluding hydrogens is 474 g/mol. The number of hydrogen-bond donors (Lipinski definition) is 2. The molecule has 1 amide bonds. The number of anilines is 1. The fraction of sp³-hybridized carbons (Fsp3) is 0. The van der Waals surface area contributed by atoms with Gasteiger partial charge in [0.05, 0.1) is 0 Å². The number of carbonyl (C=O) groups is 1. The van der Waals surface area contributed by atoms with Crippen molar-refractivity contribution in [3.63, 3.8) is 0 Å². The third-order valence-electron chi connectivity index (χ3n) is 4.05. The van der Waals surface area contributed by atoms with E-state index in [4.69, 9.17) is 28.2 Å². The van der Waals surface area contributed by atoms with Crippen LogP contribution in [0.5, 0.6) is 0 Å². The molecule has 0 aliphatic heterocycles. The fourth-order valence-corrected chi connectivity index (χ4v) is 3.42. The summed E-state index contributed by atoms with van der Waals surface area (Å²) >= 11 is 14.5. The Hall–Kier alpha value is -2.74. The highest BCUT2D eigenvalue weighted by Gasteiger charge is 2.11. The number of halogens is 2. The molecule has 3 aromatic carbocycles. The largest absolute Gasteiger partial charge is 0.436 e. The quantitative estimate of drug-likeness (QED) is 0.346. The Bertz CT molecular complexity index is 1220. The van der Waals surface area contributed by atoms with E-state index in [0.29, 0.717) is 33.3 Å². The van der Waals surface area contributed by atoms with Gasteiger partial charge in [-0.3, -0.25) is 10.1 Å². The number of amides is 1. The predicted octanol–water partition coefficient (Wildman–Crippen LogP) is 6.04. The molecule has 8 heteroatoms. The number of fused-ring (bicyclic) bond motifs is 1. The van der Waals surface area contributed by atoms with Crippen LogP contribution >= 0.6 is 39.7 Å². The summed E-state index contributed by atoms with van der Waals surface area (Å²) in [5, 5.41) is 6.49. The molecule has 0 saturated carbocycles. The van der Waals surface area contributed by atoms with Crippen LogP contribution in [0.15, 0.2) is 75.6 Å². The second kappa shape index (κ2) is 8.32. The number of hydrogen-bond acceptors (Lipinski definition) is 4. The standard InChI is InChI=1S/C21H13BrClN3O2S/c22-14-3-1-2-13(10-14)19(27)26-21(29)24-16-8-9-18-17(11-16)25-20(28-18)12-4-6-15(23)7-5-12/h1-11H,(H2,24,26,27,29). The molecule has 2 N–H and O–H groups in total. The van der Waals surface area contributed by atoms with E-state index in [-0.39, 0.29) is 11.0 Å². The van der Waals surface area contributed by atoms with Crippen molar-refractivity contribution < 1.29 is 9.21 Å². The van der Waals surface area contributed by atoms with Crippen molar-refractivity contribution in [2.75, 3.05) is 5.32 Å². The van der Waals surface area contributed by atoms with Gasteiger partial charge in [-0.15, -0.1) is 0 Å².